The number of nitrogens with two attached hydrogens (primary N) is 1. The average Bonchev–Trinajstić information content (AvgIpc) is 2.89. The van der Waals surface area contributed by atoms with Crippen LogP contribution in [0.25, 0.3) is 0 Å². The smallest absolute Gasteiger partial charge is 0.0931 e. The Bertz CT molecular complexity index is 344. The summed E-state index contributed by atoms with van der Waals surface area (Å²) in [6, 6.07) is 4.41. The molecule has 90 valence electrons. The molecular formula is C11H17ClN2OS. The van der Waals surface area contributed by atoms with Gasteiger partial charge in [-0.15, -0.1) is 11.3 Å². The summed E-state index contributed by atoms with van der Waals surface area (Å²) in [5, 5.41) is 9.33. The zero-order chi connectivity index (χ0) is 11.5. The number of nitrogens with zero attached hydrogens (tertiary/aromatic N) is 1. The molecule has 3 nitrogen and oxygen atoms in total. The fourth-order valence-electron chi connectivity index (χ4n) is 2.39. The molecule has 1 aromatic rings. The van der Waals surface area contributed by atoms with Gasteiger partial charge in [0.25, 0.3) is 0 Å². The van der Waals surface area contributed by atoms with E-state index in [4.69, 9.17) is 17.3 Å². The van der Waals surface area contributed by atoms with Crippen molar-refractivity contribution in [3.8, 4) is 0 Å². The van der Waals surface area contributed by atoms with Crippen LogP contribution in [0.4, 0.5) is 0 Å². The molecule has 3 N–H and O–H groups in total. The van der Waals surface area contributed by atoms with Crippen LogP contribution in [0.1, 0.15) is 23.8 Å². The molecule has 0 radical (unpaired) electrons. The van der Waals surface area contributed by atoms with Crippen LogP contribution in [0.2, 0.25) is 4.34 Å². The number of hydrogen-bond acceptors (Lipinski definition) is 4. The highest BCUT2D eigenvalue weighted by Gasteiger charge is 2.30. The Kier molecular flexibility index (Phi) is 4.21. The van der Waals surface area contributed by atoms with E-state index < -0.39 is 0 Å². The van der Waals surface area contributed by atoms with E-state index >= 15 is 0 Å². The quantitative estimate of drug-likeness (QED) is 0.869. The molecule has 0 saturated carbocycles. The summed E-state index contributed by atoms with van der Waals surface area (Å²) in [5.74, 6) is 0. The number of hydrogen-bond donors (Lipinski definition) is 2. The van der Waals surface area contributed by atoms with E-state index in [0.717, 1.165) is 23.7 Å². The number of aliphatic hydroxyl groups excluding tert-OH is 1. The number of rotatable bonds is 4. The molecule has 1 fully saturated rings. The molecule has 5 heteroatoms. The van der Waals surface area contributed by atoms with E-state index in [9.17, 15) is 5.11 Å². The van der Waals surface area contributed by atoms with Gasteiger partial charge in [-0.2, -0.15) is 0 Å². The topological polar surface area (TPSA) is 49.5 Å². The van der Waals surface area contributed by atoms with Crippen molar-refractivity contribution in [1.82, 2.24) is 4.90 Å². The second-order valence-corrected chi connectivity index (χ2v) is 5.86. The molecule has 2 unspecified atom stereocenters. The van der Waals surface area contributed by atoms with Crippen LogP contribution in [-0.4, -0.2) is 35.7 Å². The molecule has 16 heavy (non-hydrogen) atoms. The van der Waals surface area contributed by atoms with Crippen molar-refractivity contribution in [3.05, 3.63) is 21.3 Å². The summed E-state index contributed by atoms with van der Waals surface area (Å²) in [4.78, 5) is 3.51. The summed E-state index contributed by atoms with van der Waals surface area (Å²) < 4.78 is 0.799. The van der Waals surface area contributed by atoms with Gasteiger partial charge in [-0.05, 0) is 31.5 Å². The summed E-state index contributed by atoms with van der Waals surface area (Å²) in [5.41, 5.74) is 5.85. The van der Waals surface area contributed by atoms with Crippen molar-refractivity contribution in [2.45, 2.75) is 24.9 Å². The van der Waals surface area contributed by atoms with Crippen molar-refractivity contribution in [2.24, 2.45) is 5.73 Å². The Morgan fingerprint density at radius 2 is 2.44 bits per heavy atom. The van der Waals surface area contributed by atoms with Crippen molar-refractivity contribution < 1.29 is 5.11 Å². The van der Waals surface area contributed by atoms with E-state index in [1.165, 1.54) is 4.88 Å². The summed E-state index contributed by atoms with van der Waals surface area (Å²) in [6.45, 7) is 1.81. The monoisotopic (exact) mass is 260 g/mol. The predicted octanol–water partition coefficient (Wildman–Crippen LogP) is 1.86. The number of halogens is 1. The van der Waals surface area contributed by atoms with E-state index in [-0.39, 0.29) is 18.7 Å². The number of thiophene rings is 1. The second kappa shape index (κ2) is 5.47. The first kappa shape index (κ1) is 12.3. The van der Waals surface area contributed by atoms with Gasteiger partial charge in [-0.25, -0.2) is 0 Å². The van der Waals surface area contributed by atoms with Crippen LogP contribution in [0.15, 0.2) is 12.1 Å². The molecule has 1 aromatic heterocycles. The highest BCUT2D eigenvalue weighted by Crippen LogP contribution is 2.34. The average molecular weight is 261 g/mol. The molecule has 2 rings (SSSR count). The van der Waals surface area contributed by atoms with Crippen LogP contribution in [0, 0.1) is 0 Å². The summed E-state index contributed by atoms with van der Waals surface area (Å²) >= 11 is 7.53. The lowest BCUT2D eigenvalue weighted by molar-refractivity contribution is 0.123. The molecule has 2 atom stereocenters. The lowest BCUT2D eigenvalue weighted by atomic mass is 10.1. The fraction of sp³-hybridized carbons (Fsp3) is 0.636. The highest BCUT2D eigenvalue weighted by molar-refractivity contribution is 7.16. The van der Waals surface area contributed by atoms with Crippen LogP contribution in [-0.2, 0) is 0 Å². The van der Waals surface area contributed by atoms with E-state index in [2.05, 4.69) is 4.90 Å². The van der Waals surface area contributed by atoms with Gasteiger partial charge < -0.3 is 10.8 Å². The molecule has 0 spiro atoms. The number of aliphatic hydroxyl groups is 1. The van der Waals surface area contributed by atoms with Gasteiger partial charge in [0.15, 0.2) is 0 Å². The van der Waals surface area contributed by atoms with Gasteiger partial charge >= 0.3 is 0 Å². The third kappa shape index (κ3) is 2.41. The molecule has 0 aliphatic carbocycles. The van der Waals surface area contributed by atoms with Crippen LogP contribution < -0.4 is 5.73 Å². The first-order chi connectivity index (χ1) is 7.76. The van der Waals surface area contributed by atoms with E-state index in [0.29, 0.717) is 6.54 Å². The molecule has 1 aliphatic rings. The second-order valence-electron chi connectivity index (χ2n) is 4.11. The number of likely N-dealkylation sites (tertiary alicyclic amines) is 1. The SMILES string of the molecule is NCC(c1ccc(Cl)s1)N1CCCC1CO. The van der Waals surface area contributed by atoms with Gasteiger partial charge in [0.1, 0.15) is 0 Å². The van der Waals surface area contributed by atoms with Crippen molar-refractivity contribution in [2.75, 3.05) is 19.7 Å². The standard InChI is InChI=1S/C11H17ClN2OS/c12-11-4-3-10(16-11)9(6-13)14-5-1-2-8(14)7-15/h3-4,8-9,15H,1-2,5-7,13H2. The van der Waals surface area contributed by atoms with Gasteiger partial charge in [-0.1, -0.05) is 11.6 Å². The maximum atomic E-state index is 9.33. The van der Waals surface area contributed by atoms with Gasteiger partial charge in [0.2, 0.25) is 0 Å². The zero-order valence-electron chi connectivity index (χ0n) is 9.10. The maximum absolute atomic E-state index is 9.33. The minimum Gasteiger partial charge on any atom is -0.395 e. The lowest BCUT2D eigenvalue weighted by Gasteiger charge is -2.30. The Labute approximate surface area is 105 Å². The minimum atomic E-state index is 0.206. The maximum Gasteiger partial charge on any atom is 0.0931 e. The van der Waals surface area contributed by atoms with Crippen LogP contribution >= 0.6 is 22.9 Å². The summed E-state index contributed by atoms with van der Waals surface area (Å²) in [6.07, 6.45) is 2.20. The van der Waals surface area contributed by atoms with Gasteiger partial charge in [0, 0.05) is 17.5 Å². The Morgan fingerprint density at radius 3 is 3.00 bits per heavy atom. The minimum absolute atomic E-state index is 0.206. The summed E-state index contributed by atoms with van der Waals surface area (Å²) in [7, 11) is 0. The molecule has 0 amide bonds. The highest BCUT2D eigenvalue weighted by atomic mass is 35.5. The van der Waals surface area contributed by atoms with Crippen LogP contribution in [0.3, 0.4) is 0 Å². The fourth-order valence-corrected chi connectivity index (χ4v) is 3.58. The van der Waals surface area contributed by atoms with Gasteiger partial charge in [0.05, 0.1) is 17.0 Å². The third-order valence-corrected chi connectivity index (χ3v) is 4.51. The Hall–Kier alpha value is -0.130. The third-order valence-electron chi connectivity index (χ3n) is 3.18. The molecular weight excluding hydrogens is 244 g/mol. The molecule has 2 heterocycles. The normalized spacial score (nSPS) is 23.8. The molecule has 0 bridgehead atoms. The van der Waals surface area contributed by atoms with E-state index in [1.807, 2.05) is 12.1 Å². The zero-order valence-corrected chi connectivity index (χ0v) is 10.7. The Balaban J connectivity index is 2.15. The van der Waals surface area contributed by atoms with Crippen LogP contribution in [0.5, 0.6) is 0 Å². The predicted molar refractivity (Wildman–Crippen MR) is 67.9 cm³/mol. The Morgan fingerprint density at radius 1 is 1.62 bits per heavy atom. The van der Waals surface area contributed by atoms with E-state index in [1.54, 1.807) is 11.3 Å². The molecule has 1 saturated heterocycles. The largest absolute Gasteiger partial charge is 0.395 e. The molecule has 0 aromatic carbocycles. The van der Waals surface area contributed by atoms with Crippen molar-refractivity contribution in [1.29, 1.82) is 0 Å². The first-order valence-electron chi connectivity index (χ1n) is 5.58. The van der Waals surface area contributed by atoms with Crippen molar-refractivity contribution >= 4 is 22.9 Å². The van der Waals surface area contributed by atoms with Crippen molar-refractivity contribution in [3.63, 3.8) is 0 Å². The molecule has 1 aliphatic heterocycles. The first-order valence-corrected chi connectivity index (χ1v) is 6.77. The lowest BCUT2D eigenvalue weighted by Crippen LogP contribution is -2.38. The van der Waals surface area contributed by atoms with Gasteiger partial charge in [-0.3, -0.25) is 4.90 Å².